The van der Waals surface area contributed by atoms with Crippen molar-refractivity contribution in [1.29, 1.82) is 0 Å². The van der Waals surface area contributed by atoms with Crippen LogP contribution >= 0.6 is 0 Å². The molecular formula is C17H27NO4. The van der Waals surface area contributed by atoms with Gasteiger partial charge in [0.05, 0.1) is 12.2 Å². The van der Waals surface area contributed by atoms with E-state index in [1.165, 1.54) is 0 Å². The molecule has 2 rings (SSSR count). The number of hydrogen-bond acceptors (Lipinski definition) is 4. The molecule has 0 atom stereocenters. The molecule has 0 spiro atoms. The second-order valence-corrected chi connectivity index (χ2v) is 7.07. The minimum absolute atomic E-state index is 0.0643. The van der Waals surface area contributed by atoms with Crippen LogP contribution in [0.5, 0.6) is 0 Å². The van der Waals surface area contributed by atoms with Gasteiger partial charge in [-0.05, 0) is 46.5 Å². The molecule has 5 nitrogen and oxygen atoms in total. The number of aliphatic hydroxyl groups excluding tert-OH is 1. The van der Waals surface area contributed by atoms with Crippen molar-refractivity contribution in [3.8, 4) is 11.8 Å². The molecule has 1 amide bonds. The minimum Gasteiger partial charge on any atom is -0.444 e. The molecule has 124 valence electrons. The summed E-state index contributed by atoms with van der Waals surface area (Å²) in [4.78, 5) is 13.7. The van der Waals surface area contributed by atoms with Gasteiger partial charge in [-0.1, -0.05) is 11.8 Å². The number of nitrogens with zero attached hydrogens (tertiary/aromatic N) is 1. The molecule has 1 aliphatic heterocycles. The summed E-state index contributed by atoms with van der Waals surface area (Å²) < 4.78 is 11.4. The van der Waals surface area contributed by atoms with Crippen LogP contribution in [0, 0.1) is 17.8 Å². The Morgan fingerprint density at radius 1 is 1.23 bits per heavy atom. The van der Waals surface area contributed by atoms with E-state index in [4.69, 9.17) is 14.6 Å². The molecule has 1 aliphatic carbocycles. The third kappa shape index (κ3) is 5.19. The van der Waals surface area contributed by atoms with E-state index in [0.717, 1.165) is 25.7 Å². The number of likely N-dealkylation sites (tertiary alicyclic amines) is 1. The van der Waals surface area contributed by atoms with Crippen LogP contribution < -0.4 is 0 Å². The Kier molecular flexibility index (Phi) is 5.71. The maximum absolute atomic E-state index is 12.0. The highest BCUT2D eigenvalue weighted by molar-refractivity contribution is 5.68. The van der Waals surface area contributed by atoms with Crippen molar-refractivity contribution in [1.82, 2.24) is 4.90 Å². The lowest BCUT2D eigenvalue weighted by Gasteiger charge is -2.38. The molecule has 2 aliphatic rings. The van der Waals surface area contributed by atoms with Gasteiger partial charge in [-0.3, -0.25) is 0 Å². The first kappa shape index (κ1) is 17.1. The smallest absolute Gasteiger partial charge is 0.410 e. The van der Waals surface area contributed by atoms with Gasteiger partial charge in [0.25, 0.3) is 0 Å². The molecule has 0 aromatic carbocycles. The van der Waals surface area contributed by atoms with Gasteiger partial charge in [0.1, 0.15) is 12.2 Å². The van der Waals surface area contributed by atoms with E-state index >= 15 is 0 Å². The summed E-state index contributed by atoms with van der Waals surface area (Å²) >= 11 is 0. The summed E-state index contributed by atoms with van der Waals surface area (Å²) in [6, 6.07) is 0. The summed E-state index contributed by atoms with van der Waals surface area (Å²) in [6.07, 6.45) is 3.93. The molecule has 1 N–H and O–H groups in total. The molecule has 0 aromatic heterocycles. The maximum Gasteiger partial charge on any atom is 0.410 e. The Balaban J connectivity index is 1.65. The fourth-order valence-electron chi connectivity index (χ4n) is 2.76. The molecular weight excluding hydrogens is 282 g/mol. The number of hydrogen-bond donors (Lipinski definition) is 1. The highest BCUT2D eigenvalue weighted by atomic mass is 16.6. The van der Waals surface area contributed by atoms with Gasteiger partial charge in [-0.2, -0.15) is 0 Å². The predicted molar refractivity (Wildman–Crippen MR) is 83.3 cm³/mol. The first-order valence-corrected chi connectivity index (χ1v) is 8.10. The number of piperidine rings is 1. The third-order valence-corrected chi connectivity index (χ3v) is 3.96. The maximum atomic E-state index is 12.0. The summed E-state index contributed by atoms with van der Waals surface area (Å²) in [5.41, 5.74) is -0.443. The predicted octanol–water partition coefficient (Wildman–Crippen LogP) is 2.18. The normalized spacial score (nSPS) is 25.9. The van der Waals surface area contributed by atoms with E-state index in [2.05, 4.69) is 11.8 Å². The Bertz CT molecular complexity index is 432. The molecule has 2 fully saturated rings. The van der Waals surface area contributed by atoms with E-state index < -0.39 is 5.60 Å². The van der Waals surface area contributed by atoms with E-state index in [1.807, 2.05) is 20.8 Å². The van der Waals surface area contributed by atoms with Gasteiger partial charge in [-0.25, -0.2) is 4.79 Å². The van der Waals surface area contributed by atoms with Crippen LogP contribution in [-0.2, 0) is 9.47 Å². The first-order valence-electron chi connectivity index (χ1n) is 8.10. The van der Waals surface area contributed by atoms with Gasteiger partial charge >= 0.3 is 6.09 Å². The van der Waals surface area contributed by atoms with Crippen molar-refractivity contribution < 1.29 is 19.4 Å². The molecule has 1 heterocycles. The lowest BCUT2D eigenvalue weighted by atomic mass is 9.82. The van der Waals surface area contributed by atoms with Gasteiger partial charge in [0, 0.05) is 19.0 Å². The van der Waals surface area contributed by atoms with Crippen LogP contribution in [0.4, 0.5) is 4.79 Å². The van der Waals surface area contributed by atoms with Crippen molar-refractivity contribution in [2.45, 2.75) is 64.3 Å². The topological polar surface area (TPSA) is 59.0 Å². The highest BCUT2D eigenvalue weighted by Gasteiger charge is 2.33. The largest absolute Gasteiger partial charge is 0.444 e. The SMILES string of the molecule is CC(C)(C)OC(=O)N1CCC(OC2CC(C#CCO)C2)CC1. The number of carbonyl (C=O) groups excluding carboxylic acids is 1. The fourth-order valence-corrected chi connectivity index (χ4v) is 2.76. The van der Waals surface area contributed by atoms with Crippen LogP contribution in [0.1, 0.15) is 46.5 Å². The van der Waals surface area contributed by atoms with Crippen molar-refractivity contribution in [2.24, 2.45) is 5.92 Å². The van der Waals surface area contributed by atoms with E-state index in [-0.39, 0.29) is 24.9 Å². The van der Waals surface area contributed by atoms with Crippen molar-refractivity contribution >= 4 is 6.09 Å². The first-order chi connectivity index (χ1) is 10.4. The van der Waals surface area contributed by atoms with Gasteiger partial charge in [-0.15, -0.1) is 0 Å². The monoisotopic (exact) mass is 309 g/mol. The van der Waals surface area contributed by atoms with Crippen LogP contribution in [0.25, 0.3) is 0 Å². The molecule has 22 heavy (non-hydrogen) atoms. The molecule has 0 bridgehead atoms. The highest BCUT2D eigenvalue weighted by Crippen LogP contribution is 2.32. The molecule has 0 aromatic rings. The van der Waals surface area contributed by atoms with E-state index in [9.17, 15) is 4.79 Å². The van der Waals surface area contributed by atoms with Crippen molar-refractivity contribution in [3.63, 3.8) is 0 Å². The number of amides is 1. The molecule has 0 unspecified atom stereocenters. The Hall–Kier alpha value is -1.25. The number of carbonyl (C=O) groups is 1. The lowest BCUT2D eigenvalue weighted by molar-refractivity contribution is -0.0849. The van der Waals surface area contributed by atoms with E-state index in [1.54, 1.807) is 4.90 Å². The van der Waals surface area contributed by atoms with E-state index in [0.29, 0.717) is 19.0 Å². The zero-order valence-electron chi connectivity index (χ0n) is 13.8. The average molecular weight is 309 g/mol. The van der Waals surface area contributed by atoms with Gasteiger partial charge in [0.2, 0.25) is 0 Å². The van der Waals surface area contributed by atoms with Crippen LogP contribution in [0.2, 0.25) is 0 Å². The fraction of sp³-hybridized carbons (Fsp3) is 0.824. The van der Waals surface area contributed by atoms with Crippen LogP contribution in [0.3, 0.4) is 0 Å². The summed E-state index contributed by atoms with van der Waals surface area (Å²) in [5, 5.41) is 8.65. The second kappa shape index (κ2) is 7.34. The molecule has 1 saturated carbocycles. The Morgan fingerprint density at radius 2 is 1.86 bits per heavy atom. The Morgan fingerprint density at radius 3 is 2.41 bits per heavy atom. The summed E-state index contributed by atoms with van der Waals surface area (Å²) in [7, 11) is 0. The summed E-state index contributed by atoms with van der Waals surface area (Å²) in [5.74, 6) is 6.11. The van der Waals surface area contributed by atoms with Gasteiger partial charge < -0.3 is 19.5 Å². The molecule has 1 saturated heterocycles. The van der Waals surface area contributed by atoms with Gasteiger partial charge in [0.15, 0.2) is 0 Å². The van der Waals surface area contributed by atoms with Crippen molar-refractivity contribution in [2.75, 3.05) is 19.7 Å². The lowest BCUT2D eigenvalue weighted by Crippen LogP contribution is -2.45. The van der Waals surface area contributed by atoms with Crippen LogP contribution in [0.15, 0.2) is 0 Å². The number of rotatable bonds is 2. The average Bonchev–Trinajstić information content (AvgIpc) is 2.40. The third-order valence-electron chi connectivity index (χ3n) is 3.96. The second-order valence-electron chi connectivity index (χ2n) is 7.07. The number of aliphatic hydroxyl groups is 1. The van der Waals surface area contributed by atoms with Crippen LogP contribution in [-0.4, -0.2) is 53.6 Å². The number of ether oxygens (including phenoxy) is 2. The zero-order valence-corrected chi connectivity index (χ0v) is 13.8. The molecule has 0 radical (unpaired) electrons. The van der Waals surface area contributed by atoms with Crippen molar-refractivity contribution in [3.05, 3.63) is 0 Å². The standard InChI is InChI=1S/C17H27NO4/c1-17(2,3)22-16(20)18-8-6-14(7-9-18)21-15-11-13(12-15)5-4-10-19/h13-15,19H,6-12H2,1-3H3. The minimum atomic E-state index is -0.443. The zero-order chi connectivity index (χ0) is 16.2. The Labute approximate surface area is 133 Å². The summed E-state index contributed by atoms with van der Waals surface area (Å²) in [6.45, 7) is 6.97. The quantitative estimate of drug-likeness (QED) is 0.794. The molecule has 5 heteroatoms.